The minimum absolute atomic E-state index is 0.00931. The zero-order valence-corrected chi connectivity index (χ0v) is 7.36. The van der Waals surface area contributed by atoms with Crippen molar-refractivity contribution in [3.63, 3.8) is 0 Å². The van der Waals surface area contributed by atoms with Crippen molar-refractivity contribution < 1.29 is 4.79 Å². The Kier molecular flexibility index (Phi) is 1.89. The Bertz CT molecular complexity index is 357. The van der Waals surface area contributed by atoms with Crippen molar-refractivity contribution in [2.75, 3.05) is 11.4 Å². The molecule has 66 valence electrons. The molecule has 0 N–H and O–H groups in total. The van der Waals surface area contributed by atoms with Gasteiger partial charge in [-0.15, -0.1) is 0 Å². The molecule has 0 saturated carbocycles. The molecule has 0 atom stereocenters. The number of nitrogens with zero attached hydrogens (tertiary/aromatic N) is 1. The van der Waals surface area contributed by atoms with E-state index in [4.69, 9.17) is 0 Å². The summed E-state index contributed by atoms with van der Waals surface area (Å²) in [6, 6.07) is 7.99. The molecule has 1 heterocycles. The van der Waals surface area contributed by atoms with Crippen LogP contribution in [0.25, 0.3) is 0 Å². The lowest BCUT2D eigenvalue weighted by atomic mass is 10.2. The molecule has 1 amide bonds. The first-order chi connectivity index (χ1) is 6.33. The number of benzene rings is 1. The number of carbonyl (C=O) groups is 1. The number of rotatable bonds is 1. The van der Waals surface area contributed by atoms with Gasteiger partial charge in [0.15, 0.2) is 0 Å². The van der Waals surface area contributed by atoms with Gasteiger partial charge < -0.3 is 4.90 Å². The van der Waals surface area contributed by atoms with E-state index in [0.29, 0.717) is 0 Å². The SMILES string of the molecule is C=CC(=O)N1CCc2ccccc21. The molecule has 0 saturated heterocycles. The first kappa shape index (κ1) is 8.05. The van der Waals surface area contributed by atoms with Crippen molar-refractivity contribution in [1.82, 2.24) is 0 Å². The van der Waals surface area contributed by atoms with Gasteiger partial charge in [-0.2, -0.15) is 0 Å². The van der Waals surface area contributed by atoms with Crippen LogP contribution in [0.5, 0.6) is 0 Å². The number of fused-ring (bicyclic) bond motifs is 1. The topological polar surface area (TPSA) is 20.3 Å². The quantitative estimate of drug-likeness (QED) is 0.592. The summed E-state index contributed by atoms with van der Waals surface area (Å²) in [6.07, 6.45) is 2.32. The van der Waals surface area contributed by atoms with Gasteiger partial charge in [-0.3, -0.25) is 4.79 Å². The first-order valence-electron chi connectivity index (χ1n) is 4.35. The van der Waals surface area contributed by atoms with Crippen LogP contribution >= 0.6 is 0 Å². The average molecular weight is 173 g/mol. The maximum absolute atomic E-state index is 11.4. The molecule has 1 aromatic carbocycles. The second kappa shape index (κ2) is 3.05. The summed E-state index contributed by atoms with van der Waals surface area (Å²) in [5.41, 5.74) is 2.28. The Labute approximate surface area is 77.5 Å². The summed E-state index contributed by atoms with van der Waals surface area (Å²) in [5.74, 6) is -0.00931. The second-order valence-corrected chi connectivity index (χ2v) is 3.07. The Morgan fingerprint density at radius 3 is 3.00 bits per heavy atom. The summed E-state index contributed by atoms with van der Waals surface area (Å²) < 4.78 is 0. The van der Waals surface area contributed by atoms with Gasteiger partial charge in [0.2, 0.25) is 5.91 Å². The zero-order chi connectivity index (χ0) is 9.26. The largest absolute Gasteiger partial charge is 0.308 e. The van der Waals surface area contributed by atoms with E-state index in [1.165, 1.54) is 11.6 Å². The molecule has 1 aliphatic heterocycles. The molecule has 1 aromatic rings. The second-order valence-electron chi connectivity index (χ2n) is 3.07. The molecule has 0 radical (unpaired) electrons. The molecule has 1 aliphatic rings. The van der Waals surface area contributed by atoms with E-state index in [1.807, 2.05) is 18.2 Å². The van der Waals surface area contributed by atoms with Crippen LogP contribution in [0.1, 0.15) is 5.56 Å². The maximum Gasteiger partial charge on any atom is 0.250 e. The lowest BCUT2D eigenvalue weighted by Crippen LogP contribution is -2.26. The first-order valence-corrected chi connectivity index (χ1v) is 4.35. The summed E-state index contributed by atoms with van der Waals surface area (Å²) in [6.45, 7) is 4.27. The Morgan fingerprint density at radius 1 is 1.46 bits per heavy atom. The lowest BCUT2D eigenvalue weighted by molar-refractivity contribution is -0.114. The van der Waals surface area contributed by atoms with Crippen LogP contribution in [0.3, 0.4) is 0 Å². The van der Waals surface area contributed by atoms with E-state index >= 15 is 0 Å². The third-order valence-electron chi connectivity index (χ3n) is 2.33. The predicted octanol–water partition coefficient (Wildman–Crippen LogP) is 1.76. The maximum atomic E-state index is 11.4. The van der Waals surface area contributed by atoms with Crippen LogP contribution < -0.4 is 4.90 Å². The molecule has 2 heteroatoms. The molecule has 2 nitrogen and oxygen atoms in total. The fourth-order valence-electron chi connectivity index (χ4n) is 1.68. The van der Waals surface area contributed by atoms with E-state index in [-0.39, 0.29) is 5.91 Å². The van der Waals surface area contributed by atoms with Gasteiger partial charge in [0.25, 0.3) is 0 Å². The van der Waals surface area contributed by atoms with Crippen molar-refractivity contribution in [3.05, 3.63) is 42.5 Å². The van der Waals surface area contributed by atoms with Gasteiger partial charge >= 0.3 is 0 Å². The van der Waals surface area contributed by atoms with Gasteiger partial charge in [0.05, 0.1) is 0 Å². The molecule has 0 aliphatic carbocycles. The highest BCUT2D eigenvalue weighted by Gasteiger charge is 2.21. The van der Waals surface area contributed by atoms with E-state index in [9.17, 15) is 4.79 Å². The standard InChI is InChI=1S/C11H11NO/c1-2-11(13)12-8-7-9-5-3-4-6-10(9)12/h2-6H,1,7-8H2. The number of anilines is 1. The molecule has 0 fully saturated rings. The van der Waals surface area contributed by atoms with Crippen molar-refractivity contribution in [1.29, 1.82) is 0 Å². The molecule has 0 aromatic heterocycles. The molecule has 0 bridgehead atoms. The zero-order valence-electron chi connectivity index (χ0n) is 7.36. The molecule has 0 unspecified atom stereocenters. The number of hydrogen-bond acceptors (Lipinski definition) is 1. The Hall–Kier alpha value is -1.57. The normalized spacial score (nSPS) is 14.0. The summed E-state index contributed by atoms with van der Waals surface area (Å²) in [4.78, 5) is 13.2. The summed E-state index contributed by atoms with van der Waals surface area (Å²) in [5, 5.41) is 0. The molecular formula is C11H11NO. The van der Waals surface area contributed by atoms with Crippen LogP contribution in [0.15, 0.2) is 36.9 Å². The average Bonchev–Trinajstić information content (AvgIpc) is 2.60. The molecular weight excluding hydrogens is 162 g/mol. The molecule has 2 rings (SSSR count). The van der Waals surface area contributed by atoms with Crippen molar-refractivity contribution in [2.45, 2.75) is 6.42 Å². The van der Waals surface area contributed by atoms with Gasteiger partial charge in [-0.25, -0.2) is 0 Å². The van der Waals surface area contributed by atoms with E-state index < -0.39 is 0 Å². The van der Waals surface area contributed by atoms with E-state index in [0.717, 1.165) is 18.7 Å². The third kappa shape index (κ3) is 1.24. The van der Waals surface area contributed by atoms with Crippen molar-refractivity contribution in [3.8, 4) is 0 Å². The number of carbonyl (C=O) groups excluding carboxylic acids is 1. The van der Waals surface area contributed by atoms with Gasteiger partial charge in [0.1, 0.15) is 0 Å². The fraction of sp³-hybridized carbons (Fsp3) is 0.182. The fourth-order valence-corrected chi connectivity index (χ4v) is 1.68. The monoisotopic (exact) mass is 173 g/mol. The van der Waals surface area contributed by atoms with Crippen molar-refractivity contribution in [2.24, 2.45) is 0 Å². The number of amides is 1. The minimum Gasteiger partial charge on any atom is -0.308 e. The van der Waals surface area contributed by atoms with Gasteiger partial charge in [-0.1, -0.05) is 24.8 Å². The van der Waals surface area contributed by atoms with Crippen LogP contribution in [0.2, 0.25) is 0 Å². The minimum atomic E-state index is -0.00931. The Morgan fingerprint density at radius 2 is 2.23 bits per heavy atom. The van der Waals surface area contributed by atoms with Gasteiger partial charge in [0, 0.05) is 12.2 Å². The smallest absolute Gasteiger partial charge is 0.250 e. The predicted molar refractivity (Wildman–Crippen MR) is 52.7 cm³/mol. The highest BCUT2D eigenvalue weighted by molar-refractivity contribution is 6.02. The number of para-hydroxylation sites is 1. The Balaban J connectivity index is 2.38. The van der Waals surface area contributed by atoms with Crippen LogP contribution in [-0.4, -0.2) is 12.5 Å². The van der Waals surface area contributed by atoms with Gasteiger partial charge in [-0.05, 0) is 24.1 Å². The molecule has 13 heavy (non-hydrogen) atoms. The highest BCUT2D eigenvalue weighted by Crippen LogP contribution is 2.27. The van der Waals surface area contributed by atoms with Crippen LogP contribution in [0, 0.1) is 0 Å². The summed E-state index contributed by atoms with van der Waals surface area (Å²) >= 11 is 0. The van der Waals surface area contributed by atoms with E-state index in [1.54, 1.807) is 4.90 Å². The van der Waals surface area contributed by atoms with Crippen molar-refractivity contribution >= 4 is 11.6 Å². The lowest BCUT2D eigenvalue weighted by Gasteiger charge is -2.14. The highest BCUT2D eigenvalue weighted by atomic mass is 16.2. The van der Waals surface area contributed by atoms with Crippen LogP contribution in [0.4, 0.5) is 5.69 Å². The number of hydrogen-bond donors (Lipinski definition) is 0. The third-order valence-corrected chi connectivity index (χ3v) is 2.33. The molecule has 0 spiro atoms. The summed E-state index contributed by atoms with van der Waals surface area (Å²) in [7, 11) is 0. The van der Waals surface area contributed by atoms with Crippen LogP contribution in [-0.2, 0) is 11.2 Å². The van der Waals surface area contributed by atoms with E-state index in [2.05, 4.69) is 12.6 Å².